The summed E-state index contributed by atoms with van der Waals surface area (Å²) in [5.74, 6) is -0.0466. The number of nitrogens with one attached hydrogen (secondary N) is 1. The summed E-state index contributed by atoms with van der Waals surface area (Å²) in [5, 5.41) is 14.9. The Kier molecular flexibility index (Phi) is 9.28. The van der Waals surface area contributed by atoms with Crippen LogP contribution in [0.25, 0.3) is 22.4 Å². The Morgan fingerprint density at radius 2 is 1.88 bits per heavy atom. The number of carboxylic acid groups (broad SMARTS) is 1. The summed E-state index contributed by atoms with van der Waals surface area (Å²) < 4.78 is 23.7. The summed E-state index contributed by atoms with van der Waals surface area (Å²) in [6.45, 7) is 7.00. The predicted molar refractivity (Wildman–Crippen MR) is 185 cm³/mol. The lowest BCUT2D eigenvalue weighted by Gasteiger charge is -2.32. The van der Waals surface area contributed by atoms with Crippen LogP contribution in [0.5, 0.6) is 11.5 Å². The number of amides is 1. The zero-order chi connectivity index (χ0) is 34.9. The monoisotopic (exact) mass is 666 g/mol. The molecule has 0 spiro atoms. The minimum absolute atomic E-state index is 0.00261. The number of likely N-dealkylation sites (N-methyl/N-ethyl adjacent to an activating group) is 1. The Labute approximate surface area is 285 Å². The van der Waals surface area contributed by atoms with Gasteiger partial charge in [-0.3, -0.25) is 14.6 Å². The van der Waals surface area contributed by atoms with Crippen molar-refractivity contribution in [3.8, 4) is 23.0 Å². The van der Waals surface area contributed by atoms with E-state index in [-0.39, 0.29) is 29.9 Å². The zero-order valence-electron chi connectivity index (χ0n) is 28.7. The molecular formula is C38H43FN6O4. The van der Waals surface area contributed by atoms with Crippen molar-refractivity contribution in [3.63, 3.8) is 0 Å². The van der Waals surface area contributed by atoms with Gasteiger partial charge in [-0.25, -0.2) is 14.1 Å². The van der Waals surface area contributed by atoms with Crippen LogP contribution in [0.3, 0.4) is 0 Å². The lowest BCUT2D eigenvalue weighted by Crippen LogP contribution is -2.37. The maximum atomic E-state index is 15.7. The van der Waals surface area contributed by atoms with Crippen LogP contribution in [0.15, 0.2) is 60.9 Å². The second kappa shape index (κ2) is 13.4. The number of hydrogen-bond donors (Lipinski definition) is 2. The number of ether oxygens (including phenoxy) is 1. The Hall–Kier alpha value is -5.06. The van der Waals surface area contributed by atoms with Crippen molar-refractivity contribution in [1.82, 2.24) is 29.6 Å². The number of aromatic amines is 1. The maximum absolute atomic E-state index is 15.7. The Morgan fingerprint density at radius 1 is 1.08 bits per heavy atom. The number of fused-ring (bicyclic) bond motifs is 8. The SMILES string of the molecule is CN1CC(C)(C)CCCC[C@](C)(c2cccc(CCC(=O)O)c2)c2nc(n(C)n2)-c2cc(ccn2)Oc2c(F)cc3[nH]ccc3c2CC1=O. The molecule has 256 valence electrons. The van der Waals surface area contributed by atoms with Crippen molar-refractivity contribution in [2.24, 2.45) is 12.5 Å². The quantitative estimate of drug-likeness (QED) is 0.208. The molecule has 1 atom stereocenters. The van der Waals surface area contributed by atoms with Crippen LogP contribution in [0, 0.1) is 11.2 Å². The summed E-state index contributed by atoms with van der Waals surface area (Å²) in [6, 6.07) is 14.6. The van der Waals surface area contributed by atoms with Crippen molar-refractivity contribution < 1.29 is 23.8 Å². The summed E-state index contributed by atoms with van der Waals surface area (Å²) in [7, 11) is 3.62. The number of pyridine rings is 1. The van der Waals surface area contributed by atoms with Gasteiger partial charge in [0.2, 0.25) is 5.91 Å². The van der Waals surface area contributed by atoms with Gasteiger partial charge in [0.15, 0.2) is 23.2 Å². The summed E-state index contributed by atoms with van der Waals surface area (Å²) in [6.07, 6.45) is 7.19. The molecule has 1 aliphatic rings. The Morgan fingerprint density at radius 3 is 2.67 bits per heavy atom. The molecule has 2 aromatic carbocycles. The van der Waals surface area contributed by atoms with E-state index in [1.54, 1.807) is 41.2 Å². The number of aromatic nitrogens is 5. The van der Waals surface area contributed by atoms with E-state index in [4.69, 9.17) is 14.8 Å². The molecule has 11 heteroatoms. The van der Waals surface area contributed by atoms with Gasteiger partial charge in [0, 0.05) is 68.1 Å². The predicted octanol–water partition coefficient (Wildman–Crippen LogP) is 7.21. The van der Waals surface area contributed by atoms with E-state index >= 15 is 4.39 Å². The molecule has 0 saturated heterocycles. The van der Waals surface area contributed by atoms with E-state index < -0.39 is 17.2 Å². The molecule has 0 unspecified atom stereocenters. The lowest BCUT2D eigenvalue weighted by molar-refractivity contribution is -0.137. The van der Waals surface area contributed by atoms with Crippen LogP contribution in [0.1, 0.15) is 75.4 Å². The molecule has 1 aliphatic heterocycles. The average Bonchev–Trinajstić information content (AvgIpc) is 3.70. The maximum Gasteiger partial charge on any atom is 0.303 e. The highest BCUT2D eigenvalue weighted by atomic mass is 19.1. The first-order valence-electron chi connectivity index (χ1n) is 16.7. The van der Waals surface area contributed by atoms with Crippen LogP contribution in [-0.4, -0.2) is 60.2 Å². The van der Waals surface area contributed by atoms with E-state index in [0.29, 0.717) is 47.1 Å². The average molecular weight is 667 g/mol. The van der Waals surface area contributed by atoms with Crippen LogP contribution >= 0.6 is 0 Å². The third kappa shape index (κ3) is 7.21. The number of halogens is 1. The van der Waals surface area contributed by atoms with Gasteiger partial charge in [0.1, 0.15) is 11.4 Å². The number of rotatable bonds is 4. The lowest BCUT2D eigenvalue weighted by atomic mass is 9.76. The van der Waals surface area contributed by atoms with Gasteiger partial charge < -0.3 is 19.7 Å². The molecule has 49 heavy (non-hydrogen) atoms. The molecule has 2 N–H and O–H groups in total. The molecule has 0 radical (unpaired) electrons. The molecule has 1 amide bonds. The fourth-order valence-electron chi connectivity index (χ4n) is 6.95. The Bertz CT molecular complexity index is 2020. The molecular weight excluding hydrogens is 623 g/mol. The number of nitrogens with zero attached hydrogens (tertiary/aromatic N) is 5. The Balaban J connectivity index is 1.45. The van der Waals surface area contributed by atoms with Crippen LogP contribution in [0.2, 0.25) is 0 Å². The number of aryl methyl sites for hydroxylation is 2. The number of benzene rings is 2. The van der Waals surface area contributed by atoms with Gasteiger partial charge in [0.05, 0.1) is 11.8 Å². The number of H-pyrrole nitrogens is 1. The standard InChI is InChI=1S/C38H43FN6O4/c1-37(2)15-6-7-16-38(3,25-10-8-9-24(19-25)11-12-33(47)48)36-42-35(45(5)43-36)31-20-26(13-17-41-31)49-34-28(21-32(46)44(4)23-37)27-14-18-40-30(27)22-29(34)39/h8-10,13-14,17-20,22,40H,6-7,11-12,15-16,21,23H2,1-5H3,(H,47,48)/t38-/m1/s1. The van der Waals surface area contributed by atoms with E-state index in [2.05, 4.69) is 42.9 Å². The van der Waals surface area contributed by atoms with E-state index in [1.807, 2.05) is 25.2 Å². The molecule has 4 bridgehead atoms. The number of hydrogen-bond acceptors (Lipinski definition) is 6. The normalized spacial score (nSPS) is 18.7. The number of aliphatic carboxylic acids is 1. The third-order valence-electron chi connectivity index (χ3n) is 9.69. The second-order valence-electron chi connectivity index (χ2n) is 14.2. The minimum atomic E-state index is -0.836. The third-order valence-corrected chi connectivity index (χ3v) is 9.69. The first-order chi connectivity index (χ1) is 23.3. The van der Waals surface area contributed by atoms with Crippen LogP contribution < -0.4 is 4.74 Å². The zero-order valence-corrected chi connectivity index (χ0v) is 28.7. The largest absolute Gasteiger partial charge is 0.481 e. The van der Waals surface area contributed by atoms with Gasteiger partial charge in [0.25, 0.3) is 0 Å². The molecule has 0 saturated carbocycles. The van der Waals surface area contributed by atoms with E-state index in [9.17, 15) is 14.7 Å². The number of carbonyl (C=O) groups is 2. The van der Waals surface area contributed by atoms with Crippen LogP contribution in [-0.2, 0) is 34.9 Å². The van der Waals surface area contributed by atoms with Gasteiger partial charge in [-0.1, -0.05) is 51.0 Å². The summed E-state index contributed by atoms with van der Waals surface area (Å²) >= 11 is 0. The highest BCUT2D eigenvalue weighted by Crippen LogP contribution is 2.39. The fourth-order valence-corrected chi connectivity index (χ4v) is 6.95. The summed E-state index contributed by atoms with van der Waals surface area (Å²) in [5.41, 5.74) is 2.75. The first-order valence-corrected chi connectivity index (χ1v) is 16.7. The van der Waals surface area contributed by atoms with E-state index in [1.165, 1.54) is 6.07 Å². The van der Waals surface area contributed by atoms with Crippen molar-refractivity contribution >= 4 is 22.8 Å². The first kappa shape index (κ1) is 33.8. The van der Waals surface area contributed by atoms with Crippen molar-refractivity contribution in [2.45, 2.75) is 71.1 Å². The molecule has 4 heterocycles. The van der Waals surface area contributed by atoms with E-state index in [0.717, 1.165) is 42.2 Å². The second-order valence-corrected chi connectivity index (χ2v) is 14.2. The van der Waals surface area contributed by atoms with Crippen molar-refractivity contribution in [1.29, 1.82) is 0 Å². The molecule has 6 rings (SSSR count). The molecule has 5 aromatic rings. The van der Waals surface area contributed by atoms with Gasteiger partial charge in [-0.05, 0) is 54.9 Å². The number of carbonyl (C=O) groups excluding carboxylic acids is 1. The molecule has 10 nitrogen and oxygen atoms in total. The van der Waals surface area contributed by atoms with Gasteiger partial charge >= 0.3 is 5.97 Å². The van der Waals surface area contributed by atoms with Crippen molar-refractivity contribution in [2.75, 3.05) is 13.6 Å². The summed E-state index contributed by atoms with van der Waals surface area (Å²) in [4.78, 5) is 39.4. The van der Waals surface area contributed by atoms with Gasteiger partial charge in [-0.2, -0.15) is 5.10 Å². The topological polar surface area (TPSA) is 126 Å². The fraction of sp³-hybridized carbons (Fsp3) is 0.395. The smallest absolute Gasteiger partial charge is 0.303 e. The highest BCUT2D eigenvalue weighted by molar-refractivity contribution is 5.91. The minimum Gasteiger partial charge on any atom is -0.481 e. The molecule has 0 fully saturated rings. The van der Waals surface area contributed by atoms with Gasteiger partial charge in [-0.15, -0.1) is 0 Å². The molecule has 0 aliphatic carbocycles. The molecule has 3 aromatic heterocycles. The highest BCUT2D eigenvalue weighted by Gasteiger charge is 2.35. The number of carboxylic acids is 1. The van der Waals surface area contributed by atoms with Crippen molar-refractivity contribution in [3.05, 3.63) is 89.3 Å². The van der Waals surface area contributed by atoms with Crippen LogP contribution in [0.4, 0.5) is 4.39 Å².